The third-order valence-corrected chi connectivity index (χ3v) is 4.29. The van der Waals surface area contributed by atoms with Crippen molar-refractivity contribution in [2.75, 3.05) is 41.3 Å². The third-order valence-electron chi connectivity index (χ3n) is 3.94. The van der Waals surface area contributed by atoms with Crippen molar-refractivity contribution in [1.29, 1.82) is 0 Å². The Hall–Kier alpha value is -2.52. The molecule has 190 valence electrons. The molecule has 0 unspecified atom stereocenters. The number of benzene rings is 2. The minimum absolute atomic E-state index is 0.574. The van der Waals surface area contributed by atoms with Crippen LogP contribution in [0.1, 0.15) is 56.1 Å². The van der Waals surface area contributed by atoms with Crippen molar-refractivity contribution in [3.8, 4) is 18.6 Å². The van der Waals surface area contributed by atoms with Crippen molar-refractivity contribution in [2.24, 2.45) is 0 Å². The Morgan fingerprint density at radius 3 is 1.82 bits per heavy atom. The van der Waals surface area contributed by atoms with Crippen LogP contribution in [0.25, 0.3) is 0 Å². The monoisotopic (exact) mass is 486 g/mol. The van der Waals surface area contributed by atoms with Crippen molar-refractivity contribution in [1.82, 2.24) is 9.80 Å². The van der Waals surface area contributed by atoms with Crippen molar-refractivity contribution >= 4 is 18.9 Å². The number of terminal acetylenes is 1. The van der Waals surface area contributed by atoms with Gasteiger partial charge >= 0.3 is 0 Å². The van der Waals surface area contributed by atoms with Crippen LogP contribution < -0.4 is 4.74 Å². The summed E-state index contributed by atoms with van der Waals surface area (Å²) in [5, 5.41) is 0.574. The minimum atomic E-state index is 0.574. The van der Waals surface area contributed by atoms with Gasteiger partial charge in [-0.05, 0) is 90.0 Å². The fraction of sp³-hybridized carbons (Fsp3) is 0.414. The third kappa shape index (κ3) is 21.3. The van der Waals surface area contributed by atoms with Crippen molar-refractivity contribution < 1.29 is 9.53 Å². The SMILES string of the molecule is C#C.C/C=C(/S)Oc1cccc(Cc2cccc(C=O)c2)c1.CC.CCN(C)CC.CN(C)C. The molecule has 0 N–H and O–H groups in total. The molecule has 2 aromatic carbocycles. The van der Waals surface area contributed by atoms with Gasteiger partial charge in [0.15, 0.2) is 5.09 Å². The van der Waals surface area contributed by atoms with E-state index in [9.17, 15) is 4.79 Å². The molecule has 0 aromatic heterocycles. The lowest BCUT2D eigenvalue weighted by Crippen LogP contribution is -2.15. The van der Waals surface area contributed by atoms with Crippen LogP contribution in [-0.2, 0) is 6.42 Å². The highest BCUT2D eigenvalue weighted by Crippen LogP contribution is 2.20. The Morgan fingerprint density at radius 2 is 1.41 bits per heavy atom. The van der Waals surface area contributed by atoms with E-state index in [1.165, 1.54) is 0 Å². The first kappa shape index (κ1) is 36.1. The summed E-state index contributed by atoms with van der Waals surface area (Å²) in [5.74, 6) is 0.761. The Labute approximate surface area is 215 Å². The van der Waals surface area contributed by atoms with Crippen LogP contribution in [-0.4, -0.2) is 57.4 Å². The van der Waals surface area contributed by atoms with Crippen LogP contribution in [0.2, 0.25) is 0 Å². The number of ether oxygens (including phenoxy) is 1. The second-order valence-corrected chi connectivity index (χ2v) is 7.69. The molecule has 0 bridgehead atoms. The molecule has 5 heteroatoms. The van der Waals surface area contributed by atoms with E-state index >= 15 is 0 Å². The summed E-state index contributed by atoms with van der Waals surface area (Å²) in [5.41, 5.74) is 2.92. The van der Waals surface area contributed by atoms with Crippen LogP contribution in [0.3, 0.4) is 0 Å². The second-order valence-electron chi connectivity index (χ2n) is 7.25. The largest absolute Gasteiger partial charge is 0.451 e. The van der Waals surface area contributed by atoms with E-state index in [0.29, 0.717) is 10.7 Å². The lowest BCUT2D eigenvalue weighted by molar-refractivity contribution is 0.112. The smallest absolute Gasteiger partial charge is 0.153 e. The van der Waals surface area contributed by atoms with E-state index in [0.717, 1.165) is 42.7 Å². The average Bonchev–Trinajstić information content (AvgIpc) is 2.86. The zero-order chi connectivity index (χ0) is 26.9. The van der Waals surface area contributed by atoms with Gasteiger partial charge in [0.2, 0.25) is 0 Å². The van der Waals surface area contributed by atoms with Gasteiger partial charge in [0.25, 0.3) is 0 Å². The van der Waals surface area contributed by atoms with E-state index in [1.54, 1.807) is 12.1 Å². The summed E-state index contributed by atoms with van der Waals surface area (Å²) in [4.78, 5) is 15.0. The van der Waals surface area contributed by atoms with Gasteiger partial charge in [-0.1, -0.05) is 58.0 Å². The van der Waals surface area contributed by atoms with Gasteiger partial charge in [0.1, 0.15) is 12.0 Å². The molecule has 0 amide bonds. The summed E-state index contributed by atoms with van der Waals surface area (Å²) in [7, 11) is 8.11. The number of nitrogens with zero attached hydrogens (tertiary/aromatic N) is 2. The number of rotatable bonds is 7. The van der Waals surface area contributed by atoms with Gasteiger partial charge in [-0.25, -0.2) is 0 Å². The van der Waals surface area contributed by atoms with Gasteiger partial charge in [0.05, 0.1) is 0 Å². The molecule has 0 saturated heterocycles. The second kappa shape index (κ2) is 25.1. The normalized spacial score (nSPS) is 9.65. The predicted octanol–water partition coefficient (Wildman–Crippen LogP) is 6.67. The Kier molecular flexibility index (Phi) is 26.6. The van der Waals surface area contributed by atoms with Crippen LogP contribution in [0.5, 0.6) is 5.75 Å². The number of thiol groups is 1. The Morgan fingerprint density at radius 1 is 0.941 bits per heavy atom. The highest BCUT2D eigenvalue weighted by molar-refractivity contribution is 7.84. The summed E-state index contributed by atoms with van der Waals surface area (Å²) < 4.78 is 5.56. The summed E-state index contributed by atoms with van der Waals surface area (Å²) in [6, 6.07) is 15.5. The first-order chi connectivity index (χ1) is 16.2. The Balaban J connectivity index is -0.000000571. The van der Waals surface area contributed by atoms with Gasteiger partial charge in [-0.3, -0.25) is 4.79 Å². The van der Waals surface area contributed by atoms with Crippen molar-refractivity contribution in [3.63, 3.8) is 0 Å². The molecule has 2 rings (SSSR count). The topological polar surface area (TPSA) is 32.8 Å². The molecule has 0 radical (unpaired) electrons. The quantitative estimate of drug-likeness (QED) is 0.205. The first-order valence-electron chi connectivity index (χ1n) is 11.5. The van der Waals surface area contributed by atoms with E-state index in [4.69, 9.17) is 4.74 Å². The van der Waals surface area contributed by atoms with E-state index in [-0.39, 0.29) is 0 Å². The van der Waals surface area contributed by atoms with Gasteiger partial charge in [-0.2, -0.15) is 0 Å². The standard InChI is InChI=1S/C17H16O2S.C5H13N.C3H9N.C2H6.C2H2/c1-2-17(20)19-16-8-4-6-14(11-16)9-13-5-3-7-15(10-13)12-18;1-4-6(3)5-2;1-4(2)3;2*1-2/h2-8,10-12,20H,9H2,1H3;4-5H2,1-3H3;1-3H3;1-2H3;1-2H/b17-2+;;;;. The van der Waals surface area contributed by atoms with E-state index in [1.807, 2.05) is 89.3 Å². The number of carbonyl (C=O) groups is 1. The molecule has 0 aliphatic rings. The highest BCUT2D eigenvalue weighted by atomic mass is 32.1. The fourth-order valence-corrected chi connectivity index (χ4v) is 2.24. The zero-order valence-electron chi connectivity index (χ0n) is 22.7. The average molecular weight is 487 g/mol. The molecular weight excluding hydrogens is 440 g/mol. The molecule has 0 atom stereocenters. The summed E-state index contributed by atoms with van der Waals surface area (Å²) in [6.45, 7) is 12.5. The van der Waals surface area contributed by atoms with Crippen molar-refractivity contribution in [3.05, 3.63) is 76.4 Å². The summed E-state index contributed by atoms with van der Waals surface area (Å²) >= 11 is 4.20. The Bertz CT molecular complexity index is 795. The van der Waals surface area contributed by atoms with Gasteiger partial charge in [0, 0.05) is 5.56 Å². The number of hydrogen-bond donors (Lipinski definition) is 1. The maximum Gasteiger partial charge on any atom is 0.153 e. The molecular formula is C29H46N2O2S. The molecule has 2 aromatic rings. The van der Waals surface area contributed by atoms with Gasteiger partial charge < -0.3 is 14.5 Å². The van der Waals surface area contributed by atoms with Gasteiger partial charge in [-0.15, -0.1) is 25.5 Å². The number of hydrogen-bond acceptors (Lipinski definition) is 5. The molecule has 34 heavy (non-hydrogen) atoms. The van der Waals surface area contributed by atoms with Crippen LogP contribution in [0.15, 0.2) is 59.7 Å². The minimum Gasteiger partial charge on any atom is -0.451 e. The lowest BCUT2D eigenvalue weighted by atomic mass is 10.0. The number of carbonyl (C=O) groups excluding carboxylic acids is 1. The molecule has 0 saturated carbocycles. The molecule has 4 nitrogen and oxygen atoms in total. The maximum atomic E-state index is 10.8. The van der Waals surface area contributed by atoms with Crippen LogP contribution in [0.4, 0.5) is 0 Å². The maximum absolute atomic E-state index is 10.8. The number of aldehydes is 1. The highest BCUT2D eigenvalue weighted by Gasteiger charge is 2.01. The fourth-order valence-electron chi connectivity index (χ4n) is 2.13. The van der Waals surface area contributed by atoms with E-state index in [2.05, 4.69) is 51.3 Å². The molecule has 0 heterocycles. The molecule has 0 aliphatic carbocycles. The zero-order valence-corrected chi connectivity index (χ0v) is 23.6. The predicted molar refractivity (Wildman–Crippen MR) is 154 cm³/mol. The summed E-state index contributed by atoms with van der Waals surface area (Å²) in [6.07, 6.45) is 11.4. The van der Waals surface area contributed by atoms with Crippen LogP contribution in [0, 0.1) is 12.8 Å². The van der Waals surface area contributed by atoms with E-state index < -0.39 is 0 Å². The molecule has 0 spiro atoms. The first-order valence-corrected chi connectivity index (χ1v) is 12.0. The van der Waals surface area contributed by atoms with Crippen molar-refractivity contribution in [2.45, 2.75) is 41.0 Å². The molecule has 0 fully saturated rings. The molecule has 0 aliphatic heterocycles. The lowest BCUT2D eigenvalue weighted by Gasteiger charge is -2.07. The van der Waals surface area contributed by atoms with Crippen LogP contribution >= 0.6 is 12.6 Å². The number of allylic oxidation sites excluding steroid dienone is 1.